The molecule has 0 aromatic carbocycles. The highest BCUT2D eigenvalue weighted by molar-refractivity contribution is 6.18. The number of rotatable bonds is 2. The Morgan fingerprint density at radius 1 is 1.19 bits per heavy atom. The molecule has 0 N–H and O–H groups in total. The quantitative estimate of drug-likeness (QED) is 0.681. The molecule has 0 spiro atoms. The van der Waals surface area contributed by atoms with E-state index in [1.54, 1.807) is 0 Å². The van der Waals surface area contributed by atoms with Gasteiger partial charge in [-0.15, -0.1) is 11.6 Å². The largest absolute Gasteiger partial charge is 0.338 e. The molecule has 0 bridgehead atoms. The van der Waals surface area contributed by atoms with Crippen molar-refractivity contribution < 1.29 is 4.79 Å². The molecule has 3 atom stereocenters. The van der Waals surface area contributed by atoms with Gasteiger partial charge >= 0.3 is 0 Å². The summed E-state index contributed by atoms with van der Waals surface area (Å²) in [5.74, 6) is 3.16. The second-order valence-electron chi connectivity index (χ2n) is 5.76. The normalized spacial score (nSPS) is 41.9. The lowest BCUT2D eigenvalue weighted by Gasteiger charge is -2.36. The van der Waals surface area contributed by atoms with E-state index in [4.69, 9.17) is 11.6 Å². The molecule has 3 aliphatic rings. The second-order valence-corrected chi connectivity index (χ2v) is 6.07. The minimum atomic E-state index is 0.319. The SMILES string of the molecule is O=C(C1CC2CC2C1)N1CCCCC1CCl. The van der Waals surface area contributed by atoms with E-state index in [9.17, 15) is 4.79 Å². The molecule has 0 radical (unpaired) electrons. The summed E-state index contributed by atoms with van der Waals surface area (Å²) < 4.78 is 0. The van der Waals surface area contributed by atoms with Gasteiger partial charge in [-0.05, 0) is 50.4 Å². The van der Waals surface area contributed by atoms with E-state index in [-0.39, 0.29) is 0 Å². The van der Waals surface area contributed by atoms with Gasteiger partial charge in [0.05, 0.1) is 0 Å². The standard InChI is InChI=1S/C13H20ClNO/c14-8-12-3-1-2-4-15(12)13(16)11-6-9-5-10(9)7-11/h9-12H,1-8H2. The summed E-state index contributed by atoms with van der Waals surface area (Å²) in [5, 5.41) is 0. The van der Waals surface area contributed by atoms with Crippen LogP contribution in [0.5, 0.6) is 0 Å². The zero-order valence-corrected chi connectivity index (χ0v) is 10.5. The monoisotopic (exact) mass is 241 g/mol. The van der Waals surface area contributed by atoms with Gasteiger partial charge in [0.15, 0.2) is 0 Å². The van der Waals surface area contributed by atoms with Crippen molar-refractivity contribution in [1.29, 1.82) is 0 Å². The van der Waals surface area contributed by atoms with E-state index in [0.29, 0.717) is 23.7 Å². The van der Waals surface area contributed by atoms with Crippen LogP contribution in [0, 0.1) is 17.8 Å². The summed E-state index contributed by atoms with van der Waals surface area (Å²) >= 11 is 5.97. The van der Waals surface area contributed by atoms with Crippen LogP contribution in [0.3, 0.4) is 0 Å². The van der Waals surface area contributed by atoms with Gasteiger partial charge in [0, 0.05) is 24.4 Å². The summed E-state index contributed by atoms with van der Waals surface area (Å²) in [6, 6.07) is 0.319. The molecule has 16 heavy (non-hydrogen) atoms. The van der Waals surface area contributed by atoms with Crippen molar-refractivity contribution >= 4 is 17.5 Å². The number of carbonyl (C=O) groups excluding carboxylic acids is 1. The lowest BCUT2D eigenvalue weighted by molar-refractivity contribution is -0.138. The molecule has 2 nitrogen and oxygen atoms in total. The van der Waals surface area contributed by atoms with Crippen LogP contribution >= 0.6 is 11.6 Å². The number of hydrogen-bond donors (Lipinski definition) is 0. The van der Waals surface area contributed by atoms with Crippen LogP contribution < -0.4 is 0 Å². The fourth-order valence-electron chi connectivity index (χ4n) is 3.60. The van der Waals surface area contributed by atoms with Gasteiger partial charge < -0.3 is 4.90 Å². The summed E-state index contributed by atoms with van der Waals surface area (Å²) in [6.07, 6.45) is 7.22. The average molecular weight is 242 g/mol. The molecule has 0 aromatic rings. The van der Waals surface area contributed by atoms with Gasteiger partial charge in [0.1, 0.15) is 0 Å². The maximum Gasteiger partial charge on any atom is 0.225 e. The van der Waals surface area contributed by atoms with Crippen LogP contribution in [0.2, 0.25) is 0 Å². The third-order valence-corrected chi connectivity index (χ3v) is 5.04. The number of piperidine rings is 1. The molecule has 2 saturated carbocycles. The molecular weight excluding hydrogens is 222 g/mol. The molecule has 1 heterocycles. The zero-order valence-electron chi connectivity index (χ0n) is 9.70. The van der Waals surface area contributed by atoms with Crippen molar-refractivity contribution in [2.24, 2.45) is 17.8 Å². The Morgan fingerprint density at radius 2 is 1.94 bits per heavy atom. The zero-order chi connectivity index (χ0) is 11.1. The first-order chi connectivity index (χ1) is 7.79. The summed E-state index contributed by atoms with van der Waals surface area (Å²) in [5.41, 5.74) is 0. The fourth-order valence-corrected chi connectivity index (χ4v) is 3.92. The molecule has 3 fully saturated rings. The number of alkyl halides is 1. The molecule has 2 aliphatic carbocycles. The lowest BCUT2D eigenvalue weighted by Crippen LogP contribution is -2.47. The topological polar surface area (TPSA) is 20.3 Å². The fraction of sp³-hybridized carbons (Fsp3) is 0.923. The van der Waals surface area contributed by atoms with Crippen LogP contribution in [0.15, 0.2) is 0 Å². The van der Waals surface area contributed by atoms with E-state index >= 15 is 0 Å². The molecule has 3 unspecified atom stereocenters. The Morgan fingerprint density at radius 3 is 2.62 bits per heavy atom. The number of likely N-dealkylation sites (tertiary alicyclic amines) is 1. The van der Waals surface area contributed by atoms with Crippen molar-refractivity contribution in [3.8, 4) is 0 Å². The maximum atomic E-state index is 12.4. The lowest BCUT2D eigenvalue weighted by atomic mass is 9.97. The first-order valence-electron chi connectivity index (χ1n) is 6.66. The number of carbonyl (C=O) groups is 1. The van der Waals surface area contributed by atoms with Crippen molar-refractivity contribution in [2.45, 2.75) is 44.6 Å². The first-order valence-corrected chi connectivity index (χ1v) is 7.19. The Balaban J connectivity index is 1.63. The predicted octanol–water partition coefficient (Wildman–Crippen LogP) is 2.65. The summed E-state index contributed by atoms with van der Waals surface area (Å²) in [4.78, 5) is 14.5. The summed E-state index contributed by atoms with van der Waals surface area (Å²) in [7, 11) is 0. The van der Waals surface area contributed by atoms with Gasteiger partial charge in [-0.1, -0.05) is 0 Å². The number of nitrogens with zero attached hydrogens (tertiary/aromatic N) is 1. The smallest absolute Gasteiger partial charge is 0.225 e. The maximum absolute atomic E-state index is 12.4. The van der Waals surface area contributed by atoms with Crippen molar-refractivity contribution in [2.75, 3.05) is 12.4 Å². The number of hydrogen-bond acceptors (Lipinski definition) is 1. The van der Waals surface area contributed by atoms with E-state index in [1.165, 1.54) is 19.3 Å². The van der Waals surface area contributed by atoms with Crippen molar-refractivity contribution in [3.05, 3.63) is 0 Å². The molecular formula is C13H20ClNO. The van der Waals surface area contributed by atoms with E-state index in [1.807, 2.05) is 0 Å². The number of fused-ring (bicyclic) bond motifs is 1. The van der Waals surface area contributed by atoms with Crippen molar-refractivity contribution in [1.82, 2.24) is 4.90 Å². The highest BCUT2D eigenvalue weighted by atomic mass is 35.5. The highest BCUT2D eigenvalue weighted by Gasteiger charge is 2.49. The third-order valence-electron chi connectivity index (χ3n) is 4.68. The van der Waals surface area contributed by atoms with Gasteiger partial charge in [0.25, 0.3) is 0 Å². The van der Waals surface area contributed by atoms with Crippen LogP contribution in [0.4, 0.5) is 0 Å². The van der Waals surface area contributed by atoms with E-state index < -0.39 is 0 Å². The van der Waals surface area contributed by atoms with Gasteiger partial charge in [0.2, 0.25) is 5.91 Å². The molecule has 1 amide bonds. The average Bonchev–Trinajstić information content (AvgIpc) is 2.95. The number of halogens is 1. The Hall–Kier alpha value is -0.240. The minimum absolute atomic E-state index is 0.319. The second kappa shape index (κ2) is 4.21. The van der Waals surface area contributed by atoms with E-state index in [0.717, 1.165) is 37.6 Å². The molecule has 3 rings (SSSR count). The molecule has 1 saturated heterocycles. The van der Waals surface area contributed by atoms with Crippen LogP contribution in [0.1, 0.15) is 38.5 Å². The highest BCUT2D eigenvalue weighted by Crippen LogP contribution is 2.54. The molecule has 0 aromatic heterocycles. The van der Waals surface area contributed by atoms with Gasteiger partial charge in [-0.2, -0.15) is 0 Å². The Bertz CT molecular complexity index is 284. The van der Waals surface area contributed by atoms with Crippen LogP contribution in [0.25, 0.3) is 0 Å². The van der Waals surface area contributed by atoms with Gasteiger partial charge in [-0.25, -0.2) is 0 Å². The summed E-state index contributed by atoms with van der Waals surface area (Å²) in [6.45, 7) is 0.946. The first kappa shape index (κ1) is 10.9. The Labute approximate surface area is 102 Å². The molecule has 90 valence electrons. The predicted molar refractivity (Wildman–Crippen MR) is 64.4 cm³/mol. The van der Waals surface area contributed by atoms with E-state index in [2.05, 4.69) is 4.90 Å². The minimum Gasteiger partial charge on any atom is -0.338 e. The third kappa shape index (κ3) is 1.85. The Kier molecular flexibility index (Phi) is 2.87. The van der Waals surface area contributed by atoms with Crippen LogP contribution in [-0.4, -0.2) is 29.3 Å². The molecule has 3 heteroatoms. The molecule has 1 aliphatic heterocycles. The van der Waals surface area contributed by atoms with Crippen molar-refractivity contribution in [3.63, 3.8) is 0 Å². The van der Waals surface area contributed by atoms with Crippen LogP contribution in [-0.2, 0) is 4.79 Å². The van der Waals surface area contributed by atoms with Gasteiger partial charge in [-0.3, -0.25) is 4.79 Å². The number of amides is 1.